The van der Waals surface area contributed by atoms with Crippen LogP contribution < -0.4 is 15.8 Å². The summed E-state index contributed by atoms with van der Waals surface area (Å²) < 4.78 is 37.3. The van der Waals surface area contributed by atoms with Crippen LogP contribution in [0.1, 0.15) is 32.5 Å². The van der Waals surface area contributed by atoms with Gasteiger partial charge >= 0.3 is 5.97 Å². The zero-order chi connectivity index (χ0) is 25.8. The van der Waals surface area contributed by atoms with Gasteiger partial charge in [0.1, 0.15) is 10.8 Å². The molecule has 3 rings (SSSR count). The summed E-state index contributed by atoms with van der Waals surface area (Å²) >= 11 is 0.920. The summed E-state index contributed by atoms with van der Waals surface area (Å²) in [6.45, 7) is 4.49. The van der Waals surface area contributed by atoms with Crippen molar-refractivity contribution < 1.29 is 32.3 Å². The van der Waals surface area contributed by atoms with Crippen molar-refractivity contribution in [1.82, 2.24) is 9.21 Å². The van der Waals surface area contributed by atoms with Crippen molar-refractivity contribution in [3.63, 3.8) is 0 Å². The first kappa shape index (κ1) is 26.6. The molecule has 0 radical (unpaired) electrons. The highest BCUT2D eigenvalue weighted by Gasteiger charge is 2.30. The lowest BCUT2D eigenvalue weighted by atomic mass is 10.1. The molecule has 2 amide bonds. The minimum absolute atomic E-state index is 0.0124. The van der Waals surface area contributed by atoms with E-state index in [4.69, 9.17) is 15.2 Å². The molecule has 1 aromatic heterocycles. The molecule has 190 valence electrons. The Kier molecular flexibility index (Phi) is 8.48. The van der Waals surface area contributed by atoms with Crippen molar-refractivity contribution in [3.05, 3.63) is 40.3 Å². The molecule has 0 bridgehead atoms. The number of hydrogen-bond donors (Lipinski definition) is 2. The topological polar surface area (TPSA) is 148 Å². The van der Waals surface area contributed by atoms with Gasteiger partial charge in [0, 0.05) is 26.2 Å². The largest absolute Gasteiger partial charge is 0.497 e. The van der Waals surface area contributed by atoms with E-state index in [1.54, 1.807) is 26.0 Å². The number of benzene rings is 1. The van der Waals surface area contributed by atoms with Crippen LogP contribution in [-0.4, -0.2) is 81.8 Å². The van der Waals surface area contributed by atoms with Crippen LogP contribution in [0.2, 0.25) is 0 Å². The quantitative estimate of drug-likeness (QED) is 0.466. The molecule has 2 aromatic rings. The molecule has 0 spiro atoms. The van der Waals surface area contributed by atoms with E-state index in [1.807, 2.05) is 4.90 Å². The van der Waals surface area contributed by atoms with Crippen LogP contribution in [0.15, 0.2) is 29.2 Å². The molecular weight excluding hydrogens is 496 g/mol. The van der Waals surface area contributed by atoms with Gasteiger partial charge in [-0.05, 0) is 43.7 Å². The summed E-state index contributed by atoms with van der Waals surface area (Å²) in [5, 5.41) is 2.87. The van der Waals surface area contributed by atoms with E-state index >= 15 is 0 Å². The first-order valence-electron chi connectivity index (χ1n) is 10.8. The fourth-order valence-electron chi connectivity index (χ4n) is 3.68. The molecule has 1 fully saturated rings. The average Bonchev–Trinajstić information content (AvgIpc) is 3.15. The minimum atomic E-state index is -3.66. The summed E-state index contributed by atoms with van der Waals surface area (Å²) in [6.07, 6.45) is 0. The van der Waals surface area contributed by atoms with Gasteiger partial charge in [-0.25, -0.2) is 13.2 Å². The maximum Gasteiger partial charge on any atom is 0.341 e. The molecule has 2 heterocycles. The Morgan fingerprint density at radius 1 is 1.11 bits per heavy atom. The Morgan fingerprint density at radius 3 is 2.29 bits per heavy atom. The van der Waals surface area contributed by atoms with Crippen LogP contribution in [0.3, 0.4) is 0 Å². The number of carbonyl (C=O) groups is 3. The standard InChI is InChI=1S/C22H28N4O7S2/c1-4-33-22(29)18-14(2)19(20(23)28)34-21(18)24-17(27)13-25-9-11-26(12-10-25)35(30,31)16-7-5-15(32-3)6-8-16/h5-8H,4,9-13H2,1-3H3,(H2,23,28)(H,24,27). The number of hydrogen-bond acceptors (Lipinski definition) is 9. The monoisotopic (exact) mass is 524 g/mol. The number of anilines is 1. The van der Waals surface area contributed by atoms with Gasteiger partial charge in [0.2, 0.25) is 15.9 Å². The molecule has 13 heteroatoms. The predicted molar refractivity (Wildman–Crippen MR) is 130 cm³/mol. The lowest BCUT2D eigenvalue weighted by Gasteiger charge is -2.33. The molecule has 1 aliphatic heterocycles. The van der Waals surface area contributed by atoms with E-state index in [0.717, 1.165) is 11.3 Å². The third-order valence-electron chi connectivity index (χ3n) is 5.50. The second kappa shape index (κ2) is 11.2. The smallest absolute Gasteiger partial charge is 0.341 e. The van der Waals surface area contributed by atoms with Crippen LogP contribution in [0.4, 0.5) is 5.00 Å². The minimum Gasteiger partial charge on any atom is -0.497 e. The van der Waals surface area contributed by atoms with Crippen molar-refractivity contribution >= 4 is 44.1 Å². The highest BCUT2D eigenvalue weighted by atomic mass is 32.2. The number of carbonyl (C=O) groups excluding carboxylic acids is 3. The van der Waals surface area contributed by atoms with E-state index < -0.39 is 27.8 Å². The van der Waals surface area contributed by atoms with Crippen LogP contribution in [-0.2, 0) is 19.6 Å². The van der Waals surface area contributed by atoms with Crippen LogP contribution in [0.25, 0.3) is 0 Å². The maximum absolute atomic E-state index is 12.9. The van der Waals surface area contributed by atoms with Crippen molar-refractivity contribution in [2.24, 2.45) is 5.73 Å². The number of amides is 2. The Bertz CT molecular complexity index is 1200. The molecule has 0 aliphatic carbocycles. The average molecular weight is 525 g/mol. The zero-order valence-electron chi connectivity index (χ0n) is 19.7. The first-order chi connectivity index (χ1) is 16.6. The fourth-order valence-corrected chi connectivity index (χ4v) is 6.17. The van der Waals surface area contributed by atoms with Gasteiger partial charge in [-0.1, -0.05) is 0 Å². The Balaban J connectivity index is 1.63. The Hall–Kier alpha value is -3.00. The van der Waals surface area contributed by atoms with E-state index in [9.17, 15) is 22.8 Å². The number of nitrogens with two attached hydrogens (primary N) is 1. The van der Waals surface area contributed by atoms with Crippen molar-refractivity contribution in [3.8, 4) is 5.75 Å². The van der Waals surface area contributed by atoms with Gasteiger partial charge in [0.25, 0.3) is 5.91 Å². The summed E-state index contributed by atoms with van der Waals surface area (Å²) in [5.74, 6) is -1.19. The lowest BCUT2D eigenvalue weighted by Crippen LogP contribution is -2.50. The first-order valence-corrected chi connectivity index (χ1v) is 13.1. The van der Waals surface area contributed by atoms with E-state index in [2.05, 4.69) is 5.32 Å². The third-order valence-corrected chi connectivity index (χ3v) is 8.63. The number of sulfonamides is 1. The van der Waals surface area contributed by atoms with Gasteiger partial charge in [-0.3, -0.25) is 14.5 Å². The normalized spacial score (nSPS) is 14.9. The number of thiophene rings is 1. The number of rotatable bonds is 9. The van der Waals surface area contributed by atoms with Crippen molar-refractivity contribution in [1.29, 1.82) is 0 Å². The molecule has 0 atom stereocenters. The molecule has 1 saturated heterocycles. The number of primary amides is 1. The number of nitrogens with one attached hydrogen (secondary N) is 1. The highest BCUT2D eigenvalue weighted by Crippen LogP contribution is 2.33. The Morgan fingerprint density at radius 2 is 1.74 bits per heavy atom. The molecule has 35 heavy (non-hydrogen) atoms. The van der Waals surface area contributed by atoms with Crippen molar-refractivity contribution in [2.45, 2.75) is 18.7 Å². The lowest BCUT2D eigenvalue weighted by molar-refractivity contribution is -0.117. The number of methoxy groups -OCH3 is 1. The molecule has 1 aromatic carbocycles. The van der Waals surface area contributed by atoms with Gasteiger partial charge in [0.05, 0.1) is 35.6 Å². The van der Waals surface area contributed by atoms with E-state index in [-0.39, 0.29) is 46.6 Å². The fraction of sp³-hybridized carbons (Fsp3) is 0.409. The van der Waals surface area contributed by atoms with E-state index in [1.165, 1.54) is 23.5 Å². The van der Waals surface area contributed by atoms with E-state index in [0.29, 0.717) is 24.4 Å². The van der Waals surface area contributed by atoms with Gasteiger partial charge in [0.15, 0.2) is 0 Å². The number of ether oxygens (including phenoxy) is 2. The summed E-state index contributed by atoms with van der Waals surface area (Å²) in [4.78, 5) is 39.0. The number of nitrogens with zero attached hydrogens (tertiary/aromatic N) is 2. The maximum atomic E-state index is 12.9. The molecule has 0 saturated carbocycles. The zero-order valence-corrected chi connectivity index (χ0v) is 21.3. The SMILES string of the molecule is CCOC(=O)c1c(NC(=O)CN2CCN(S(=O)(=O)c3ccc(OC)cc3)CC2)sc(C(N)=O)c1C. The van der Waals surface area contributed by atoms with Crippen LogP contribution in [0, 0.1) is 6.92 Å². The highest BCUT2D eigenvalue weighted by molar-refractivity contribution is 7.89. The summed E-state index contributed by atoms with van der Waals surface area (Å²) in [7, 11) is -2.15. The van der Waals surface area contributed by atoms with Crippen LogP contribution in [0.5, 0.6) is 5.75 Å². The Labute approximate surface area is 207 Å². The van der Waals surface area contributed by atoms with Gasteiger partial charge < -0.3 is 20.5 Å². The van der Waals surface area contributed by atoms with Gasteiger partial charge in [-0.15, -0.1) is 11.3 Å². The third kappa shape index (κ3) is 5.99. The van der Waals surface area contributed by atoms with Crippen molar-refractivity contribution in [2.75, 3.05) is 51.8 Å². The summed E-state index contributed by atoms with van der Waals surface area (Å²) in [5.41, 5.74) is 5.86. The van der Waals surface area contributed by atoms with Gasteiger partial charge in [-0.2, -0.15) is 4.31 Å². The molecular formula is C22H28N4O7S2. The number of piperazine rings is 1. The van der Waals surface area contributed by atoms with Crippen LogP contribution >= 0.6 is 11.3 Å². The second-order valence-corrected chi connectivity index (χ2v) is 10.7. The molecule has 3 N–H and O–H groups in total. The predicted octanol–water partition coefficient (Wildman–Crippen LogP) is 1.29. The second-order valence-electron chi connectivity index (χ2n) is 7.75. The molecule has 11 nitrogen and oxygen atoms in total. The molecule has 1 aliphatic rings. The molecule has 0 unspecified atom stereocenters. The number of esters is 1. The summed E-state index contributed by atoms with van der Waals surface area (Å²) in [6, 6.07) is 6.18.